The minimum Gasteiger partial charge on any atom is -0.354 e. The smallest absolute Gasteiger partial charge is 0.315 e. The van der Waals surface area contributed by atoms with E-state index < -0.39 is 0 Å². The molecular formula is C20H30N4O3S. The lowest BCUT2D eigenvalue weighted by atomic mass is 9.85. The van der Waals surface area contributed by atoms with Crippen LogP contribution in [0.1, 0.15) is 50.0 Å². The van der Waals surface area contributed by atoms with E-state index in [1.54, 1.807) is 16.2 Å². The molecule has 2 unspecified atom stereocenters. The Morgan fingerprint density at radius 3 is 2.89 bits per heavy atom. The minimum absolute atomic E-state index is 0.00467. The van der Waals surface area contributed by atoms with Crippen molar-refractivity contribution >= 4 is 29.2 Å². The van der Waals surface area contributed by atoms with E-state index in [9.17, 15) is 14.4 Å². The molecule has 0 spiro atoms. The van der Waals surface area contributed by atoms with Gasteiger partial charge in [0.2, 0.25) is 11.8 Å². The Hall–Kier alpha value is -2.09. The van der Waals surface area contributed by atoms with E-state index in [2.05, 4.69) is 27.4 Å². The van der Waals surface area contributed by atoms with Gasteiger partial charge in [-0.1, -0.05) is 6.42 Å². The van der Waals surface area contributed by atoms with Crippen LogP contribution in [0.2, 0.25) is 0 Å². The zero-order chi connectivity index (χ0) is 20.1. The van der Waals surface area contributed by atoms with Gasteiger partial charge in [0.05, 0.1) is 6.54 Å². The molecule has 1 aliphatic carbocycles. The second kappa shape index (κ2) is 9.41. The summed E-state index contributed by atoms with van der Waals surface area (Å²) >= 11 is 1.74. The van der Waals surface area contributed by atoms with Crippen LogP contribution in [0.15, 0.2) is 11.4 Å². The summed E-state index contributed by atoms with van der Waals surface area (Å²) in [5, 5.41) is 10.6. The Balaban J connectivity index is 1.40. The number of carbonyl (C=O) groups is 3. The van der Waals surface area contributed by atoms with E-state index in [0.717, 1.165) is 25.7 Å². The van der Waals surface area contributed by atoms with Gasteiger partial charge in [-0.25, -0.2) is 4.79 Å². The second-order valence-electron chi connectivity index (χ2n) is 7.99. The summed E-state index contributed by atoms with van der Waals surface area (Å²) in [4.78, 5) is 40.0. The number of rotatable bonds is 5. The number of amides is 4. The van der Waals surface area contributed by atoms with Gasteiger partial charge < -0.3 is 20.9 Å². The molecule has 28 heavy (non-hydrogen) atoms. The number of hydrogen-bond acceptors (Lipinski definition) is 4. The maximum absolute atomic E-state index is 12.4. The molecule has 1 fully saturated rings. The molecule has 4 amide bonds. The van der Waals surface area contributed by atoms with Crippen LogP contribution in [0, 0.1) is 5.92 Å². The predicted molar refractivity (Wildman–Crippen MR) is 109 cm³/mol. The summed E-state index contributed by atoms with van der Waals surface area (Å²) in [5.41, 5.74) is 1.21. The first-order valence-electron chi connectivity index (χ1n) is 10.1. The third kappa shape index (κ3) is 5.47. The predicted octanol–water partition coefficient (Wildman–Crippen LogP) is 2.02. The molecule has 1 saturated carbocycles. The topological polar surface area (TPSA) is 90.5 Å². The van der Waals surface area contributed by atoms with Gasteiger partial charge in [-0.15, -0.1) is 11.3 Å². The fourth-order valence-corrected chi connectivity index (χ4v) is 4.82. The number of carbonyl (C=O) groups excluding carboxylic acids is 3. The van der Waals surface area contributed by atoms with Crippen molar-refractivity contribution in [2.45, 2.75) is 64.6 Å². The monoisotopic (exact) mass is 406 g/mol. The first-order chi connectivity index (χ1) is 13.4. The zero-order valence-electron chi connectivity index (χ0n) is 16.6. The van der Waals surface area contributed by atoms with Crippen LogP contribution in [-0.2, 0) is 22.6 Å². The van der Waals surface area contributed by atoms with Crippen LogP contribution in [0.5, 0.6) is 0 Å². The van der Waals surface area contributed by atoms with E-state index in [1.807, 2.05) is 13.8 Å². The van der Waals surface area contributed by atoms with Gasteiger partial charge in [-0.3, -0.25) is 9.59 Å². The molecule has 2 heterocycles. The van der Waals surface area contributed by atoms with Crippen molar-refractivity contribution in [1.82, 2.24) is 20.9 Å². The van der Waals surface area contributed by atoms with Crippen molar-refractivity contribution in [3.05, 3.63) is 21.9 Å². The van der Waals surface area contributed by atoms with E-state index in [0.29, 0.717) is 19.5 Å². The average Bonchev–Trinajstić information content (AvgIpc) is 3.13. The van der Waals surface area contributed by atoms with Gasteiger partial charge in [0.1, 0.15) is 0 Å². The molecule has 0 bridgehead atoms. The van der Waals surface area contributed by atoms with Crippen LogP contribution in [0.3, 0.4) is 0 Å². The van der Waals surface area contributed by atoms with Gasteiger partial charge in [0.15, 0.2) is 0 Å². The van der Waals surface area contributed by atoms with Crippen molar-refractivity contribution in [1.29, 1.82) is 0 Å². The SMILES string of the molecule is CC(C)NC(=O)C1CCCC(NC(=O)NCC(=O)N2CCc3sccc3C2)C1. The minimum atomic E-state index is -0.337. The molecular weight excluding hydrogens is 376 g/mol. The first kappa shape index (κ1) is 20.6. The van der Waals surface area contributed by atoms with Gasteiger partial charge in [0, 0.05) is 36.0 Å². The van der Waals surface area contributed by atoms with Gasteiger partial charge >= 0.3 is 6.03 Å². The highest BCUT2D eigenvalue weighted by Gasteiger charge is 2.28. The van der Waals surface area contributed by atoms with Crippen molar-refractivity contribution in [2.24, 2.45) is 5.92 Å². The maximum Gasteiger partial charge on any atom is 0.315 e. The molecule has 1 aromatic heterocycles. The second-order valence-corrected chi connectivity index (χ2v) is 8.99. The molecule has 0 saturated heterocycles. The van der Waals surface area contributed by atoms with Gasteiger partial charge in [0.25, 0.3) is 0 Å². The molecule has 0 radical (unpaired) electrons. The molecule has 3 N–H and O–H groups in total. The van der Waals surface area contributed by atoms with E-state index >= 15 is 0 Å². The Kier molecular flexibility index (Phi) is 6.93. The molecule has 1 aliphatic heterocycles. The highest BCUT2D eigenvalue weighted by atomic mass is 32.1. The normalized spacial score (nSPS) is 21.8. The maximum atomic E-state index is 12.4. The van der Waals surface area contributed by atoms with Crippen LogP contribution < -0.4 is 16.0 Å². The summed E-state index contributed by atoms with van der Waals surface area (Å²) in [6, 6.07) is 1.82. The Morgan fingerprint density at radius 1 is 1.29 bits per heavy atom. The van der Waals surface area contributed by atoms with Crippen molar-refractivity contribution in [3.8, 4) is 0 Å². The first-order valence-corrected chi connectivity index (χ1v) is 11.0. The Labute approximate surface area is 170 Å². The summed E-state index contributed by atoms with van der Waals surface area (Å²) in [7, 11) is 0. The summed E-state index contributed by atoms with van der Waals surface area (Å²) in [6.45, 7) is 5.21. The number of thiophene rings is 1. The van der Waals surface area contributed by atoms with Crippen molar-refractivity contribution in [2.75, 3.05) is 13.1 Å². The third-order valence-corrected chi connectivity index (χ3v) is 6.39. The number of urea groups is 1. The Morgan fingerprint density at radius 2 is 2.11 bits per heavy atom. The lowest BCUT2D eigenvalue weighted by molar-refractivity contribution is -0.131. The zero-order valence-corrected chi connectivity index (χ0v) is 17.4. The lowest BCUT2D eigenvalue weighted by Crippen LogP contribution is -2.49. The highest BCUT2D eigenvalue weighted by Crippen LogP contribution is 2.25. The molecule has 2 aliphatic rings. The molecule has 0 aromatic carbocycles. The fraction of sp³-hybridized carbons (Fsp3) is 0.650. The summed E-state index contributed by atoms with van der Waals surface area (Å²) in [6.07, 6.45) is 4.16. The van der Waals surface area contributed by atoms with Crippen LogP contribution >= 0.6 is 11.3 Å². The van der Waals surface area contributed by atoms with E-state index in [-0.39, 0.29) is 42.4 Å². The van der Waals surface area contributed by atoms with Gasteiger partial charge in [-0.05, 0) is 56.5 Å². The number of nitrogens with one attached hydrogen (secondary N) is 3. The third-order valence-electron chi connectivity index (χ3n) is 5.37. The standard InChI is InChI=1S/C20H30N4O3S/c1-13(2)22-19(26)14-4-3-5-16(10-14)23-20(27)21-11-18(25)24-8-6-17-15(12-24)7-9-28-17/h7,9,13-14,16H,3-6,8,10-12H2,1-2H3,(H,22,26)(H2,21,23,27). The van der Waals surface area contributed by atoms with Crippen LogP contribution in [-0.4, -0.2) is 47.9 Å². The number of nitrogens with zero attached hydrogens (tertiary/aromatic N) is 1. The van der Waals surface area contributed by atoms with E-state index in [1.165, 1.54) is 10.4 Å². The fourth-order valence-electron chi connectivity index (χ4n) is 3.93. The van der Waals surface area contributed by atoms with Crippen LogP contribution in [0.25, 0.3) is 0 Å². The number of fused-ring (bicyclic) bond motifs is 1. The molecule has 3 rings (SSSR count). The molecule has 154 valence electrons. The molecule has 8 heteroatoms. The van der Waals surface area contributed by atoms with Crippen molar-refractivity contribution < 1.29 is 14.4 Å². The largest absolute Gasteiger partial charge is 0.354 e. The van der Waals surface area contributed by atoms with Crippen molar-refractivity contribution in [3.63, 3.8) is 0 Å². The quantitative estimate of drug-likeness (QED) is 0.699. The lowest BCUT2D eigenvalue weighted by Gasteiger charge is -2.30. The highest BCUT2D eigenvalue weighted by molar-refractivity contribution is 7.10. The van der Waals surface area contributed by atoms with Gasteiger partial charge in [-0.2, -0.15) is 0 Å². The van der Waals surface area contributed by atoms with Crippen LogP contribution in [0.4, 0.5) is 4.79 Å². The molecule has 7 nitrogen and oxygen atoms in total. The summed E-state index contributed by atoms with van der Waals surface area (Å²) in [5.74, 6) is -0.0592. The average molecular weight is 407 g/mol. The Bertz CT molecular complexity index is 718. The number of hydrogen-bond donors (Lipinski definition) is 3. The summed E-state index contributed by atoms with van der Waals surface area (Å²) < 4.78 is 0. The molecule has 1 aromatic rings. The van der Waals surface area contributed by atoms with E-state index in [4.69, 9.17) is 0 Å². The molecule has 2 atom stereocenters.